The fourth-order valence-corrected chi connectivity index (χ4v) is 2.21. The molecule has 0 aliphatic rings. The lowest BCUT2D eigenvalue weighted by molar-refractivity contribution is 1.06. The van der Waals surface area contributed by atoms with E-state index in [1.165, 1.54) is 5.56 Å². The molecule has 1 aromatic heterocycles. The first-order chi connectivity index (χ1) is 10.7. The second-order valence-corrected chi connectivity index (χ2v) is 5.20. The van der Waals surface area contributed by atoms with Gasteiger partial charge in [0.05, 0.1) is 17.7 Å². The Labute approximate surface area is 130 Å². The molecule has 1 N–H and O–H groups in total. The molecule has 22 heavy (non-hydrogen) atoms. The largest absolute Gasteiger partial charge is 0.306 e. The van der Waals surface area contributed by atoms with E-state index in [4.69, 9.17) is 0 Å². The molecule has 0 aliphatic carbocycles. The molecule has 0 radical (unpaired) electrons. The zero-order chi connectivity index (χ0) is 15.4. The van der Waals surface area contributed by atoms with Crippen LogP contribution in [-0.4, -0.2) is 15.3 Å². The van der Waals surface area contributed by atoms with Crippen LogP contribution in [0.25, 0.3) is 5.69 Å². The average Bonchev–Trinajstić information content (AvgIpc) is 3.07. The molecule has 3 aromatic rings. The van der Waals surface area contributed by atoms with Gasteiger partial charge in [0.15, 0.2) is 0 Å². The van der Waals surface area contributed by atoms with Gasteiger partial charge in [-0.3, -0.25) is 5.43 Å². The van der Waals surface area contributed by atoms with Gasteiger partial charge in [-0.05, 0) is 49.2 Å². The van der Waals surface area contributed by atoms with Gasteiger partial charge in [-0.1, -0.05) is 24.3 Å². The maximum absolute atomic E-state index is 4.45. The third kappa shape index (κ3) is 3.23. The normalized spacial score (nSPS) is 11.5. The first-order valence-corrected chi connectivity index (χ1v) is 7.18. The van der Waals surface area contributed by atoms with Crippen LogP contribution in [0.1, 0.15) is 18.1 Å². The van der Waals surface area contributed by atoms with Crippen molar-refractivity contribution in [2.24, 2.45) is 5.10 Å². The summed E-state index contributed by atoms with van der Waals surface area (Å²) >= 11 is 0. The molecule has 0 saturated heterocycles. The minimum atomic E-state index is 0.943. The van der Waals surface area contributed by atoms with E-state index >= 15 is 0 Å². The summed E-state index contributed by atoms with van der Waals surface area (Å²) in [5.41, 5.74) is 8.42. The Kier molecular flexibility index (Phi) is 4.01. The zero-order valence-electron chi connectivity index (χ0n) is 12.7. The van der Waals surface area contributed by atoms with Gasteiger partial charge >= 0.3 is 0 Å². The van der Waals surface area contributed by atoms with E-state index in [1.807, 2.05) is 29.8 Å². The molecular weight excluding hydrogens is 272 g/mol. The van der Waals surface area contributed by atoms with Crippen LogP contribution in [0.5, 0.6) is 0 Å². The van der Waals surface area contributed by atoms with Crippen LogP contribution in [0, 0.1) is 6.92 Å². The van der Waals surface area contributed by atoms with Crippen molar-refractivity contribution in [3.05, 3.63) is 78.4 Å². The quantitative estimate of drug-likeness (QED) is 0.582. The molecule has 3 rings (SSSR count). The summed E-state index contributed by atoms with van der Waals surface area (Å²) in [5, 5.41) is 4.45. The molecule has 0 atom stereocenters. The summed E-state index contributed by atoms with van der Waals surface area (Å²) in [7, 11) is 0. The van der Waals surface area contributed by atoms with Crippen molar-refractivity contribution in [1.29, 1.82) is 0 Å². The highest BCUT2D eigenvalue weighted by Crippen LogP contribution is 2.12. The summed E-state index contributed by atoms with van der Waals surface area (Å²) in [6, 6.07) is 16.4. The van der Waals surface area contributed by atoms with Gasteiger partial charge < -0.3 is 4.57 Å². The van der Waals surface area contributed by atoms with Crippen LogP contribution in [0.15, 0.2) is 72.4 Å². The van der Waals surface area contributed by atoms with Crippen molar-refractivity contribution < 1.29 is 0 Å². The Balaban J connectivity index is 1.74. The third-order valence-electron chi connectivity index (χ3n) is 3.46. The van der Waals surface area contributed by atoms with Crippen LogP contribution < -0.4 is 5.43 Å². The first-order valence-electron chi connectivity index (χ1n) is 7.18. The Morgan fingerprint density at radius 2 is 1.95 bits per heavy atom. The van der Waals surface area contributed by atoms with E-state index in [9.17, 15) is 0 Å². The molecule has 110 valence electrons. The highest BCUT2D eigenvalue weighted by molar-refractivity contribution is 5.99. The van der Waals surface area contributed by atoms with Gasteiger partial charge in [-0.15, -0.1) is 0 Å². The average molecular weight is 290 g/mol. The van der Waals surface area contributed by atoms with Gasteiger partial charge in [0, 0.05) is 18.1 Å². The van der Waals surface area contributed by atoms with Gasteiger partial charge in [-0.25, -0.2) is 4.98 Å². The Bertz CT molecular complexity index is 771. The van der Waals surface area contributed by atoms with Gasteiger partial charge in [0.25, 0.3) is 0 Å². The molecular formula is C18H18N4. The number of hydrogen-bond donors (Lipinski definition) is 1. The number of rotatable bonds is 4. The predicted molar refractivity (Wildman–Crippen MR) is 90.6 cm³/mol. The summed E-state index contributed by atoms with van der Waals surface area (Å²) in [5.74, 6) is 0. The van der Waals surface area contributed by atoms with E-state index in [-0.39, 0.29) is 0 Å². The van der Waals surface area contributed by atoms with Crippen LogP contribution in [0.4, 0.5) is 5.69 Å². The van der Waals surface area contributed by atoms with E-state index in [0.29, 0.717) is 0 Å². The van der Waals surface area contributed by atoms with Crippen molar-refractivity contribution in [3.8, 4) is 5.69 Å². The lowest BCUT2D eigenvalue weighted by Crippen LogP contribution is -2.00. The number of anilines is 1. The third-order valence-corrected chi connectivity index (χ3v) is 3.46. The van der Waals surface area contributed by atoms with Gasteiger partial charge in [0.2, 0.25) is 0 Å². The van der Waals surface area contributed by atoms with Gasteiger partial charge in [0.1, 0.15) is 0 Å². The maximum atomic E-state index is 4.45. The zero-order valence-corrected chi connectivity index (χ0v) is 12.7. The standard InChI is InChI=1S/C18H18N4/c1-14-4-3-5-17(12-14)21-20-15(2)16-6-8-18(9-7-16)22-11-10-19-13-22/h3-13,21H,1-2H3/b20-15+. The number of imidazole rings is 1. The van der Waals surface area contributed by atoms with E-state index < -0.39 is 0 Å². The molecule has 0 amide bonds. The fraction of sp³-hybridized carbons (Fsp3) is 0.111. The molecule has 0 aliphatic heterocycles. The minimum absolute atomic E-state index is 0.943. The molecule has 0 bridgehead atoms. The molecule has 4 nitrogen and oxygen atoms in total. The van der Waals surface area contributed by atoms with Crippen molar-refractivity contribution in [1.82, 2.24) is 9.55 Å². The van der Waals surface area contributed by atoms with Crippen LogP contribution >= 0.6 is 0 Å². The van der Waals surface area contributed by atoms with Crippen LogP contribution in [0.3, 0.4) is 0 Å². The lowest BCUT2D eigenvalue weighted by atomic mass is 10.1. The summed E-state index contributed by atoms with van der Waals surface area (Å²) < 4.78 is 1.97. The summed E-state index contributed by atoms with van der Waals surface area (Å²) in [6.45, 7) is 4.06. The summed E-state index contributed by atoms with van der Waals surface area (Å²) in [6.07, 6.45) is 5.48. The molecule has 1 heterocycles. The van der Waals surface area contributed by atoms with Gasteiger partial charge in [-0.2, -0.15) is 5.10 Å². The molecule has 0 saturated carbocycles. The number of hydrazone groups is 1. The number of nitrogens with zero attached hydrogens (tertiary/aromatic N) is 3. The van der Waals surface area contributed by atoms with Crippen molar-refractivity contribution in [2.45, 2.75) is 13.8 Å². The number of benzene rings is 2. The van der Waals surface area contributed by atoms with Crippen molar-refractivity contribution >= 4 is 11.4 Å². The number of aromatic nitrogens is 2. The molecule has 0 fully saturated rings. The summed E-state index contributed by atoms with van der Waals surface area (Å²) in [4.78, 5) is 4.06. The number of nitrogens with one attached hydrogen (secondary N) is 1. The smallest absolute Gasteiger partial charge is 0.0991 e. The fourth-order valence-electron chi connectivity index (χ4n) is 2.21. The van der Waals surface area contributed by atoms with Crippen LogP contribution in [0.2, 0.25) is 0 Å². The second-order valence-electron chi connectivity index (χ2n) is 5.20. The van der Waals surface area contributed by atoms with Crippen molar-refractivity contribution in [3.63, 3.8) is 0 Å². The first kappa shape index (κ1) is 14.1. The maximum Gasteiger partial charge on any atom is 0.0991 e. The number of hydrogen-bond acceptors (Lipinski definition) is 3. The van der Waals surface area contributed by atoms with E-state index in [2.05, 4.69) is 58.8 Å². The Morgan fingerprint density at radius 3 is 2.64 bits per heavy atom. The van der Waals surface area contributed by atoms with Crippen molar-refractivity contribution in [2.75, 3.05) is 5.43 Å². The Hall–Kier alpha value is -2.88. The molecule has 2 aromatic carbocycles. The second kappa shape index (κ2) is 6.26. The molecule has 0 spiro atoms. The Morgan fingerprint density at radius 1 is 1.14 bits per heavy atom. The van der Waals surface area contributed by atoms with Crippen LogP contribution in [-0.2, 0) is 0 Å². The van der Waals surface area contributed by atoms with E-state index in [1.54, 1.807) is 12.5 Å². The molecule has 4 heteroatoms. The SMILES string of the molecule is C/C(=N\Nc1cccc(C)c1)c1ccc(-n2ccnc2)cc1. The highest BCUT2D eigenvalue weighted by Gasteiger charge is 2.00. The predicted octanol–water partition coefficient (Wildman–Crippen LogP) is 4.02. The highest BCUT2D eigenvalue weighted by atomic mass is 15.3. The number of aryl methyl sites for hydroxylation is 1. The molecule has 0 unspecified atom stereocenters. The lowest BCUT2D eigenvalue weighted by Gasteiger charge is -2.06. The topological polar surface area (TPSA) is 42.2 Å². The van der Waals surface area contributed by atoms with E-state index in [0.717, 1.165) is 22.6 Å². The minimum Gasteiger partial charge on any atom is -0.306 e. The monoisotopic (exact) mass is 290 g/mol.